The molecular weight excluding hydrogens is 468 g/mol. The normalized spacial score (nSPS) is 20.0. The van der Waals surface area contributed by atoms with Crippen molar-refractivity contribution in [3.8, 4) is 6.07 Å². The van der Waals surface area contributed by atoms with Crippen LogP contribution in [0.2, 0.25) is 10.0 Å². The molecule has 0 saturated heterocycles. The number of nitriles is 1. The lowest BCUT2D eigenvalue weighted by molar-refractivity contribution is -0.118. The zero-order valence-electron chi connectivity index (χ0n) is 16.0. The van der Waals surface area contributed by atoms with E-state index in [9.17, 15) is 9.59 Å². The fourth-order valence-electron chi connectivity index (χ4n) is 3.24. The summed E-state index contributed by atoms with van der Waals surface area (Å²) in [6, 6.07) is 11.9. The van der Waals surface area contributed by atoms with Gasteiger partial charge in [-0.3, -0.25) is 9.59 Å². The van der Waals surface area contributed by atoms with Gasteiger partial charge in [0.2, 0.25) is 11.8 Å². The molecule has 0 radical (unpaired) electrons. The molecular formula is C21H17Cl4N3O2. The first kappa shape index (κ1) is 22.7. The number of nitrogens with one attached hydrogen (secondary N) is 2. The summed E-state index contributed by atoms with van der Waals surface area (Å²) in [6.07, 6.45) is 0. The number of hydrogen-bond acceptors (Lipinski definition) is 3. The highest BCUT2D eigenvalue weighted by molar-refractivity contribution is 6.53. The number of carbonyl (C=O) groups is 2. The number of nitrogens with zero attached hydrogens (tertiary/aromatic N) is 1. The average molecular weight is 485 g/mol. The second-order valence-electron chi connectivity index (χ2n) is 7.14. The molecule has 3 atom stereocenters. The molecule has 0 heterocycles. The standard InChI is InChI=1S/C21H17Cl4N3O2/c1-10(9-26)19(29)27-15-4-3-5-16(11(15)2)28-20(30)18-17(21(18,24)25)12-6-13(22)8-14(23)7-12/h3-8,10,17-18H,1-2H3,(H,27,29)(H,28,30)/t10?,17-,18+/m0/s1. The van der Waals surface area contributed by atoms with E-state index >= 15 is 0 Å². The summed E-state index contributed by atoms with van der Waals surface area (Å²) in [5.74, 6) is -2.75. The maximum absolute atomic E-state index is 12.9. The van der Waals surface area contributed by atoms with Crippen molar-refractivity contribution in [2.45, 2.75) is 24.1 Å². The number of rotatable bonds is 5. The minimum Gasteiger partial charge on any atom is -0.325 e. The fraction of sp³-hybridized carbons (Fsp3) is 0.286. The van der Waals surface area contributed by atoms with Gasteiger partial charge in [0.1, 0.15) is 10.3 Å². The van der Waals surface area contributed by atoms with E-state index < -0.39 is 28.0 Å². The van der Waals surface area contributed by atoms with Gasteiger partial charge in [-0.05, 0) is 55.3 Å². The highest BCUT2D eigenvalue weighted by Crippen LogP contribution is 2.65. The molecule has 1 aliphatic rings. The molecule has 1 fully saturated rings. The van der Waals surface area contributed by atoms with E-state index in [1.807, 2.05) is 6.07 Å². The molecule has 5 nitrogen and oxygen atoms in total. The van der Waals surface area contributed by atoms with Crippen LogP contribution in [0.4, 0.5) is 11.4 Å². The van der Waals surface area contributed by atoms with E-state index in [-0.39, 0.29) is 5.91 Å². The second kappa shape index (κ2) is 8.64. The van der Waals surface area contributed by atoms with Gasteiger partial charge in [-0.25, -0.2) is 0 Å². The van der Waals surface area contributed by atoms with Gasteiger partial charge in [0.05, 0.1) is 12.0 Å². The van der Waals surface area contributed by atoms with E-state index in [1.165, 1.54) is 6.92 Å². The van der Waals surface area contributed by atoms with Gasteiger partial charge < -0.3 is 10.6 Å². The zero-order chi connectivity index (χ0) is 22.2. The first-order chi connectivity index (χ1) is 14.1. The molecule has 0 aromatic heterocycles. The molecule has 2 aromatic carbocycles. The van der Waals surface area contributed by atoms with Crippen LogP contribution < -0.4 is 10.6 Å². The Balaban J connectivity index is 1.79. The first-order valence-electron chi connectivity index (χ1n) is 9.01. The topological polar surface area (TPSA) is 82.0 Å². The lowest BCUT2D eigenvalue weighted by Crippen LogP contribution is -2.21. The minimum absolute atomic E-state index is 0.363. The Labute approximate surface area is 194 Å². The van der Waals surface area contributed by atoms with Gasteiger partial charge in [0.25, 0.3) is 0 Å². The molecule has 30 heavy (non-hydrogen) atoms. The second-order valence-corrected chi connectivity index (χ2v) is 9.46. The van der Waals surface area contributed by atoms with E-state index in [0.717, 1.165) is 0 Å². The molecule has 2 N–H and O–H groups in total. The monoisotopic (exact) mass is 483 g/mol. The van der Waals surface area contributed by atoms with E-state index in [4.69, 9.17) is 51.7 Å². The van der Waals surface area contributed by atoms with E-state index in [2.05, 4.69) is 10.6 Å². The Morgan fingerprint density at radius 3 is 2.23 bits per heavy atom. The predicted octanol–water partition coefficient (Wildman–Crippen LogP) is 5.93. The van der Waals surface area contributed by atoms with Gasteiger partial charge >= 0.3 is 0 Å². The SMILES string of the molecule is Cc1c(NC(=O)C(C)C#N)cccc1NC(=O)[C@H]1[C@H](c2cc(Cl)cc(Cl)c2)C1(Cl)Cl. The van der Waals surface area contributed by atoms with Crippen LogP contribution in [0, 0.1) is 30.1 Å². The number of alkyl halides is 2. The maximum atomic E-state index is 12.9. The number of anilines is 2. The quantitative estimate of drug-likeness (QED) is 0.516. The van der Waals surface area contributed by atoms with Crippen molar-refractivity contribution in [1.29, 1.82) is 5.26 Å². The largest absolute Gasteiger partial charge is 0.325 e. The van der Waals surface area contributed by atoms with Crippen molar-refractivity contribution in [1.82, 2.24) is 0 Å². The van der Waals surface area contributed by atoms with Gasteiger partial charge in [0.15, 0.2) is 0 Å². The van der Waals surface area contributed by atoms with Crippen LogP contribution >= 0.6 is 46.4 Å². The maximum Gasteiger partial charge on any atom is 0.241 e. The molecule has 0 bridgehead atoms. The summed E-state index contributed by atoms with van der Waals surface area (Å²) in [7, 11) is 0. The summed E-state index contributed by atoms with van der Waals surface area (Å²) in [6.45, 7) is 3.25. The van der Waals surface area contributed by atoms with Crippen LogP contribution in [0.25, 0.3) is 0 Å². The van der Waals surface area contributed by atoms with Crippen molar-refractivity contribution in [2.75, 3.05) is 10.6 Å². The number of benzene rings is 2. The molecule has 2 aromatic rings. The summed E-state index contributed by atoms with van der Waals surface area (Å²) in [5.41, 5.74) is 2.32. The van der Waals surface area contributed by atoms with Crippen molar-refractivity contribution in [2.24, 2.45) is 11.8 Å². The summed E-state index contributed by atoms with van der Waals surface area (Å²) in [5, 5.41) is 15.3. The summed E-state index contributed by atoms with van der Waals surface area (Å²) >= 11 is 24.9. The molecule has 156 valence electrons. The van der Waals surface area contributed by atoms with E-state index in [1.54, 1.807) is 43.3 Å². The van der Waals surface area contributed by atoms with Gasteiger partial charge in [-0.1, -0.05) is 29.3 Å². The number of halogens is 4. The smallest absolute Gasteiger partial charge is 0.241 e. The van der Waals surface area contributed by atoms with Crippen LogP contribution in [0.3, 0.4) is 0 Å². The fourth-order valence-corrected chi connectivity index (χ4v) is 4.61. The molecule has 2 amide bonds. The Kier molecular flexibility index (Phi) is 6.54. The van der Waals surface area contributed by atoms with Crippen molar-refractivity contribution in [3.63, 3.8) is 0 Å². The molecule has 1 saturated carbocycles. The third-order valence-electron chi connectivity index (χ3n) is 5.02. The predicted molar refractivity (Wildman–Crippen MR) is 120 cm³/mol. The third kappa shape index (κ3) is 4.53. The van der Waals surface area contributed by atoms with Gasteiger partial charge in [0, 0.05) is 27.3 Å². The highest BCUT2D eigenvalue weighted by atomic mass is 35.5. The first-order valence-corrected chi connectivity index (χ1v) is 10.5. The summed E-state index contributed by atoms with van der Waals surface area (Å²) in [4.78, 5) is 24.9. The van der Waals surface area contributed by atoms with Crippen molar-refractivity contribution >= 4 is 69.6 Å². The molecule has 1 unspecified atom stereocenters. The van der Waals surface area contributed by atoms with Gasteiger partial charge in [-0.2, -0.15) is 5.26 Å². The zero-order valence-corrected chi connectivity index (χ0v) is 19.0. The lowest BCUT2D eigenvalue weighted by Gasteiger charge is -2.14. The van der Waals surface area contributed by atoms with E-state index in [0.29, 0.717) is 32.5 Å². The van der Waals surface area contributed by atoms with Crippen LogP contribution in [0.1, 0.15) is 24.0 Å². The molecule has 1 aliphatic carbocycles. The van der Waals surface area contributed by atoms with Crippen molar-refractivity contribution in [3.05, 3.63) is 57.6 Å². The Morgan fingerprint density at radius 2 is 1.67 bits per heavy atom. The Hall–Kier alpha value is -1.97. The van der Waals surface area contributed by atoms with Crippen LogP contribution in [-0.4, -0.2) is 16.1 Å². The summed E-state index contributed by atoms with van der Waals surface area (Å²) < 4.78 is -1.29. The third-order valence-corrected chi connectivity index (χ3v) is 6.39. The molecule has 0 spiro atoms. The number of amides is 2. The Bertz CT molecular complexity index is 1040. The average Bonchev–Trinajstić information content (AvgIpc) is 3.25. The molecule has 9 heteroatoms. The van der Waals surface area contributed by atoms with Crippen LogP contribution in [-0.2, 0) is 9.59 Å². The number of hydrogen-bond donors (Lipinski definition) is 2. The van der Waals surface area contributed by atoms with Crippen LogP contribution in [0.5, 0.6) is 0 Å². The molecule has 3 rings (SSSR count). The van der Waals surface area contributed by atoms with Gasteiger partial charge in [-0.15, -0.1) is 23.2 Å². The van der Waals surface area contributed by atoms with Crippen LogP contribution in [0.15, 0.2) is 36.4 Å². The molecule has 0 aliphatic heterocycles. The number of carbonyl (C=O) groups excluding carboxylic acids is 2. The Morgan fingerprint density at radius 1 is 1.10 bits per heavy atom. The lowest BCUT2D eigenvalue weighted by atomic mass is 10.1. The highest BCUT2D eigenvalue weighted by Gasteiger charge is 2.67. The minimum atomic E-state index is -1.29. The van der Waals surface area contributed by atoms with Crippen molar-refractivity contribution < 1.29 is 9.59 Å².